The van der Waals surface area contributed by atoms with Gasteiger partial charge < -0.3 is 4.74 Å². The quantitative estimate of drug-likeness (QED) is 0.557. The lowest BCUT2D eigenvalue weighted by Gasteiger charge is -2.24. The molecule has 1 fully saturated rings. The van der Waals surface area contributed by atoms with E-state index in [2.05, 4.69) is 43.9 Å². The molecule has 18 heavy (non-hydrogen) atoms. The average molecular weight is 262 g/mol. The van der Waals surface area contributed by atoms with Crippen LogP contribution in [0.2, 0.25) is 19.6 Å². The normalized spacial score (nSPS) is 16.6. The van der Waals surface area contributed by atoms with Crippen molar-refractivity contribution in [1.29, 1.82) is 0 Å². The molecule has 0 spiro atoms. The van der Waals surface area contributed by atoms with Gasteiger partial charge in [-0.1, -0.05) is 68.4 Å². The fourth-order valence-electron chi connectivity index (χ4n) is 2.32. The van der Waals surface area contributed by atoms with E-state index in [1.807, 2.05) is 0 Å². The van der Waals surface area contributed by atoms with E-state index in [0.29, 0.717) is 0 Å². The highest BCUT2D eigenvalue weighted by Gasteiger charge is 2.17. The molecule has 0 heterocycles. The topological polar surface area (TPSA) is 9.23 Å². The van der Waals surface area contributed by atoms with Crippen molar-refractivity contribution < 1.29 is 4.74 Å². The van der Waals surface area contributed by atoms with E-state index in [0.717, 1.165) is 19.1 Å². The first kappa shape index (κ1) is 13.8. The molecule has 1 aromatic carbocycles. The minimum Gasteiger partial charge on any atom is -0.377 e. The Morgan fingerprint density at radius 1 is 1.11 bits per heavy atom. The van der Waals surface area contributed by atoms with Crippen molar-refractivity contribution in [2.75, 3.05) is 6.61 Å². The lowest BCUT2D eigenvalue weighted by molar-refractivity contribution is 0.0950. The Morgan fingerprint density at radius 2 is 1.78 bits per heavy atom. The van der Waals surface area contributed by atoms with Crippen LogP contribution in [0, 0.1) is 5.92 Å². The van der Waals surface area contributed by atoms with E-state index in [1.165, 1.54) is 36.4 Å². The fourth-order valence-corrected chi connectivity index (χ4v) is 3.49. The molecule has 0 amide bonds. The summed E-state index contributed by atoms with van der Waals surface area (Å²) in [6.07, 6.45) is 5.54. The third-order valence-electron chi connectivity index (χ3n) is 3.98. The third kappa shape index (κ3) is 3.96. The fraction of sp³-hybridized carbons (Fsp3) is 0.625. The molecule has 0 bridgehead atoms. The van der Waals surface area contributed by atoms with E-state index in [1.54, 1.807) is 0 Å². The zero-order chi connectivity index (χ0) is 13.0. The maximum atomic E-state index is 5.76. The monoisotopic (exact) mass is 262 g/mol. The summed E-state index contributed by atoms with van der Waals surface area (Å²) >= 11 is 0. The number of hydrogen-bond acceptors (Lipinski definition) is 1. The Balaban J connectivity index is 1.72. The van der Waals surface area contributed by atoms with Crippen molar-refractivity contribution >= 4 is 13.3 Å². The average Bonchev–Trinajstić information content (AvgIpc) is 2.26. The number of benzene rings is 1. The molecule has 2 heteroatoms. The first-order valence-corrected chi connectivity index (χ1v) is 10.7. The Morgan fingerprint density at radius 3 is 2.28 bits per heavy atom. The molecule has 1 aromatic rings. The van der Waals surface area contributed by atoms with E-state index in [4.69, 9.17) is 4.74 Å². The predicted molar refractivity (Wildman–Crippen MR) is 81.0 cm³/mol. The summed E-state index contributed by atoms with van der Waals surface area (Å²) in [6.45, 7) is 8.87. The second-order valence-electron chi connectivity index (χ2n) is 6.59. The van der Waals surface area contributed by atoms with Crippen LogP contribution in [0.3, 0.4) is 0 Å². The van der Waals surface area contributed by atoms with Gasteiger partial charge in [-0.3, -0.25) is 0 Å². The van der Waals surface area contributed by atoms with Gasteiger partial charge in [0.15, 0.2) is 0 Å². The van der Waals surface area contributed by atoms with E-state index in [-0.39, 0.29) is 0 Å². The molecular formula is C16H26OSi. The van der Waals surface area contributed by atoms with Gasteiger partial charge in [-0.05, 0) is 17.9 Å². The molecule has 0 N–H and O–H groups in total. The standard InChI is InChI=1S/C16H26OSi/c1-18(2,3)16-9-7-15(8-10-16)13-17-12-11-14-5-4-6-14/h7-10,14H,4-6,11-13H2,1-3H3. The minimum atomic E-state index is -1.15. The van der Waals surface area contributed by atoms with Gasteiger partial charge in [-0.2, -0.15) is 0 Å². The van der Waals surface area contributed by atoms with E-state index in [9.17, 15) is 0 Å². The van der Waals surface area contributed by atoms with Crippen molar-refractivity contribution in [3.8, 4) is 0 Å². The van der Waals surface area contributed by atoms with Crippen LogP contribution in [0.4, 0.5) is 0 Å². The van der Waals surface area contributed by atoms with Gasteiger partial charge in [0.05, 0.1) is 14.7 Å². The second-order valence-corrected chi connectivity index (χ2v) is 11.7. The lowest BCUT2D eigenvalue weighted by Crippen LogP contribution is -2.37. The summed E-state index contributed by atoms with van der Waals surface area (Å²) in [7, 11) is -1.15. The highest BCUT2D eigenvalue weighted by Crippen LogP contribution is 2.29. The molecule has 0 unspecified atom stereocenters. The largest absolute Gasteiger partial charge is 0.377 e. The Labute approximate surface area is 113 Å². The first-order valence-electron chi connectivity index (χ1n) is 7.23. The van der Waals surface area contributed by atoms with Crippen LogP contribution in [-0.4, -0.2) is 14.7 Å². The zero-order valence-corrected chi connectivity index (χ0v) is 13.0. The molecule has 0 aromatic heterocycles. The molecular weight excluding hydrogens is 236 g/mol. The highest BCUT2D eigenvalue weighted by atomic mass is 28.3. The summed E-state index contributed by atoms with van der Waals surface area (Å²) in [5.41, 5.74) is 1.31. The Hall–Kier alpha value is -0.603. The van der Waals surface area contributed by atoms with Crippen molar-refractivity contribution in [1.82, 2.24) is 0 Å². The Kier molecular flexibility index (Phi) is 4.63. The highest BCUT2D eigenvalue weighted by molar-refractivity contribution is 6.88. The van der Waals surface area contributed by atoms with Crippen molar-refractivity contribution in [2.45, 2.75) is 51.9 Å². The van der Waals surface area contributed by atoms with Crippen LogP contribution in [0.15, 0.2) is 24.3 Å². The van der Waals surface area contributed by atoms with Crippen LogP contribution in [0.25, 0.3) is 0 Å². The SMILES string of the molecule is C[Si](C)(C)c1ccc(COCCC2CCC2)cc1. The number of hydrogen-bond donors (Lipinski definition) is 0. The zero-order valence-electron chi connectivity index (χ0n) is 12.0. The van der Waals surface area contributed by atoms with Crippen molar-refractivity contribution in [3.05, 3.63) is 29.8 Å². The lowest BCUT2D eigenvalue weighted by atomic mass is 9.83. The van der Waals surface area contributed by atoms with Gasteiger partial charge >= 0.3 is 0 Å². The molecule has 1 aliphatic carbocycles. The van der Waals surface area contributed by atoms with E-state index >= 15 is 0 Å². The molecule has 0 atom stereocenters. The molecule has 1 saturated carbocycles. The summed E-state index contributed by atoms with van der Waals surface area (Å²) in [4.78, 5) is 0. The van der Waals surface area contributed by atoms with Gasteiger partial charge in [0, 0.05) is 6.61 Å². The second kappa shape index (κ2) is 6.03. The number of rotatable bonds is 6. The van der Waals surface area contributed by atoms with Crippen LogP contribution >= 0.6 is 0 Å². The van der Waals surface area contributed by atoms with Gasteiger partial charge in [0.25, 0.3) is 0 Å². The minimum absolute atomic E-state index is 0.776. The molecule has 2 rings (SSSR count). The molecule has 0 saturated heterocycles. The predicted octanol–water partition coefficient (Wildman–Crippen LogP) is 3.94. The molecule has 0 radical (unpaired) electrons. The summed E-state index contributed by atoms with van der Waals surface area (Å²) in [5, 5.41) is 1.53. The van der Waals surface area contributed by atoms with E-state index < -0.39 is 8.07 Å². The van der Waals surface area contributed by atoms with Gasteiger partial charge in [-0.15, -0.1) is 0 Å². The van der Waals surface area contributed by atoms with Crippen LogP contribution in [0.5, 0.6) is 0 Å². The first-order chi connectivity index (χ1) is 8.55. The van der Waals surface area contributed by atoms with Crippen LogP contribution < -0.4 is 5.19 Å². The van der Waals surface area contributed by atoms with Crippen molar-refractivity contribution in [2.24, 2.45) is 5.92 Å². The number of ether oxygens (including phenoxy) is 1. The van der Waals surface area contributed by atoms with Crippen molar-refractivity contribution in [3.63, 3.8) is 0 Å². The van der Waals surface area contributed by atoms with Gasteiger partial charge in [0.1, 0.15) is 0 Å². The summed E-state index contributed by atoms with van der Waals surface area (Å²) < 4.78 is 5.76. The molecule has 100 valence electrons. The van der Waals surface area contributed by atoms with Gasteiger partial charge in [-0.25, -0.2) is 0 Å². The third-order valence-corrected chi connectivity index (χ3v) is 6.05. The van der Waals surface area contributed by atoms with Crippen LogP contribution in [-0.2, 0) is 11.3 Å². The summed E-state index contributed by atoms with van der Waals surface area (Å²) in [5.74, 6) is 0.958. The van der Waals surface area contributed by atoms with Gasteiger partial charge in [0.2, 0.25) is 0 Å². The Bertz CT molecular complexity index is 360. The maximum absolute atomic E-state index is 5.76. The molecule has 0 aliphatic heterocycles. The maximum Gasteiger partial charge on any atom is 0.0775 e. The summed E-state index contributed by atoms with van der Waals surface area (Å²) in [6, 6.07) is 9.04. The molecule has 1 nitrogen and oxygen atoms in total. The van der Waals surface area contributed by atoms with Crippen LogP contribution in [0.1, 0.15) is 31.2 Å². The molecule has 1 aliphatic rings. The smallest absolute Gasteiger partial charge is 0.0775 e.